The normalized spacial score (nSPS) is 18.7. The van der Waals surface area contributed by atoms with E-state index in [0.29, 0.717) is 30.2 Å². The van der Waals surface area contributed by atoms with Crippen LogP contribution in [-0.4, -0.2) is 42.6 Å². The summed E-state index contributed by atoms with van der Waals surface area (Å²) in [5.41, 5.74) is 6.35. The number of anilines is 1. The first-order valence-corrected chi connectivity index (χ1v) is 8.72. The summed E-state index contributed by atoms with van der Waals surface area (Å²) in [6.07, 6.45) is 2.29. The SMILES string of the molecule is CNC(=O)c1cc(Oc2ccccc2NC(=O)[C@@H]2CC[C@H](CN)O2)ccn1. The monoisotopic (exact) mass is 370 g/mol. The summed E-state index contributed by atoms with van der Waals surface area (Å²) in [4.78, 5) is 28.2. The highest BCUT2D eigenvalue weighted by Gasteiger charge is 2.30. The number of hydrogen-bond donors (Lipinski definition) is 3. The van der Waals surface area contributed by atoms with Crippen LogP contribution >= 0.6 is 0 Å². The van der Waals surface area contributed by atoms with E-state index in [2.05, 4.69) is 15.6 Å². The van der Waals surface area contributed by atoms with Gasteiger partial charge in [0.2, 0.25) is 0 Å². The van der Waals surface area contributed by atoms with Crippen LogP contribution in [0.1, 0.15) is 23.3 Å². The lowest BCUT2D eigenvalue weighted by atomic mass is 10.2. The summed E-state index contributed by atoms with van der Waals surface area (Å²) >= 11 is 0. The Kier molecular flexibility index (Phi) is 6.00. The highest BCUT2D eigenvalue weighted by atomic mass is 16.5. The second-order valence-electron chi connectivity index (χ2n) is 6.10. The minimum Gasteiger partial charge on any atom is -0.455 e. The van der Waals surface area contributed by atoms with E-state index in [4.69, 9.17) is 15.2 Å². The number of aromatic nitrogens is 1. The van der Waals surface area contributed by atoms with E-state index in [1.165, 1.54) is 19.3 Å². The minimum atomic E-state index is -0.521. The summed E-state index contributed by atoms with van der Waals surface area (Å²) in [6, 6.07) is 10.2. The van der Waals surface area contributed by atoms with Crippen LogP contribution in [0.3, 0.4) is 0 Å². The lowest BCUT2D eigenvalue weighted by molar-refractivity contribution is -0.126. The van der Waals surface area contributed by atoms with Crippen molar-refractivity contribution in [1.29, 1.82) is 0 Å². The predicted molar refractivity (Wildman–Crippen MR) is 99.7 cm³/mol. The van der Waals surface area contributed by atoms with Crippen LogP contribution in [0.2, 0.25) is 0 Å². The van der Waals surface area contributed by atoms with Crippen molar-refractivity contribution in [2.75, 3.05) is 18.9 Å². The van der Waals surface area contributed by atoms with Gasteiger partial charge in [-0.2, -0.15) is 0 Å². The molecule has 0 spiro atoms. The summed E-state index contributed by atoms with van der Waals surface area (Å²) < 4.78 is 11.5. The first-order valence-electron chi connectivity index (χ1n) is 8.72. The van der Waals surface area contributed by atoms with E-state index in [-0.39, 0.29) is 23.6 Å². The maximum atomic E-state index is 12.5. The van der Waals surface area contributed by atoms with Gasteiger partial charge in [0.05, 0.1) is 11.8 Å². The molecular formula is C19H22N4O4. The number of amides is 2. The Hall–Kier alpha value is -2.97. The lowest BCUT2D eigenvalue weighted by Gasteiger charge is -2.15. The van der Waals surface area contributed by atoms with Crippen LogP contribution in [0.4, 0.5) is 5.69 Å². The third-order valence-corrected chi connectivity index (χ3v) is 4.23. The summed E-state index contributed by atoms with van der Waals surface area (Å²) in [6.45, 7) is 0.402. The van der Waals surface area contributed by atoms with Gasteiger partial charge in [-0.1, -0.05) is 12.1 Å². The molecule has 2 heterocycles. The number of nitrogens with one attached hydrogen (secondary N) is 2. The van der Waals surface area contributed by atoms with Crippen molar-refractivity contribution in [1.82, 2.24) is 10.3 Å². The molecule has 1 aliphatic rings. The topological polar surface area (TPSA) is 116 Å². The minimum absolute atomic E-state index is 0.0767. The molecular weight excluding hydrogens is 348 g/mol. The smallest absolute Gasteiger partial charge is 0.269 e. The van der Waals surface area contributed by atoms with E-state index in [0.717, 1.165) is 6.42 Å². The number of rotatable bonds is 6. The van der Waals surface area contributed by atoms with Crippen LogP contribution in [0, 0.1) is 0 Å². The molecule has 3 rings (SSSR count). The Balaban J connectivity index is 1.73. The zero-order valence-corrected chi connectivity index (χ0v) is 15.0. The van der Waals surface area contributed by atoms with Gasteiger partial charge < -0.3 is 25.8 Å². The number of hydrogen-bond acceptors (Lipinski definition) is 6. The molecule has 1 aromatic heterocycles. The standard InChI is InChI=1S/C19H22N4O4/c1-21-18(24)15-10-12(8-9-22-15)26-16-5-3-2-4-14(16)23-19(25)17-7-6-13(11-20)27-17/h2-5,8-10,13,17H,6-7,11,20H2,1H3,(H,21,24)(H,23,25)/t13-,17+/m1/s1. The summed E-state index contributed by atoms with van der Waals surface area (Å²) in [5, 5.41) is 5.35. The molecule has 8 nitrogen and oxygen atoms in total. The molecule has 0 radical (unpaired) electrons. The highest BCUT2D eigenvalue weighted by Crippen LogP contribution is 2.30. The molecule has 1 aromatic carbocycles. The molecule has 0 bridgehead atoms. The maximum absolute atomic E-state index is 12.5. The number of ether oxygens (including phenoxy) is 2. The molecule has 2 aromatic rings. The molecule has 2 atom stereocenters. The Morgan fingerprint density at radius 1 is 1.30 bits per heavy atom. The number of nitrogens with two attached hydrogens (primary N) is 1. The number of carbonyl (C=O) groups excluding carboxylic acids is 2. The van der Waals surface area contributed by atoms with E-state index in [1.54, 1.807) is 30.3 Å². The van der Waals surface area contributed by atoms with Crippen LogP contribution in [-0.2, 0) is 9.53 Å². The Morgan fingerprint density at radius 2 is 2.11 bits per heavy atom. The number of carbonyl (C=O) groups is 2. The van der Waals surface area contributed by atoms with Crippen molar-refractivity contribution in [2.45, 2.75) is 25.0 Å². The Morgan fingerprint density at radius 3 is 2.85 bits per heavy atom. The fourth-order valence-electron chi connectivity index (χ4n) is 2.80. The quantitative estimate of drug-likeness (QED) is 0.712. The molecule has 0 unspecified atom stereocenters. The summed E-state index contributed by atoms with van der Waals surface area (Å²) in [7, 11) is 1.53. The fraction of sp³-hybridized carbons (Fsp3) is 0.316. The first kappa shape index (κ1) is 18.8. The molecule has 0 saturated carbocycles. The van der Waals surface area contributed by atoms with Crippen molar-refractivity contribution in [3.8, 4) is 11.5 Å². The predicted octanol–water partition coefficient (Wildman–Crippen LogP) is 1.68. The molecule has 27 heavy (non-hydrogen) atoms. The second-order valence-corrected chi connectivity index (χ2v) is 6.10. The number of para-hydroxylation sites is 2. The van der Waals surface area contributed by atoms with Gasteiger partial charge in [-0.05, 0) is 31.0 Å². The number of nitrogens with zero attached hydrogens (tertiary/aromatic N) is 1. The van der Waals surface area contributed by atoms with E-state index >= 15 is 0 Å². The zero-order chi connectivity index (χ0) is 19.2. The van der Waals surface area contributed by atoms with Crippen molar-refractivity contribution < 1.29 is 19.1 Å². The molecule has 1 saturated heterocycles. The second kappa shape index (κ2) is 8.61. The lowest BCUT2D eigenvalue weighted by Crippen LogP contribution is -2.29. The van der Waals surface area contributed by atoms with Crippen molar-refractivity contribution in [3.05, 3.63) is 48.3 Å². The van der Waals surface area contributed by atoms with Crippen LogP contribution < -0.4 is 21.1 Å². The molecule has 8 heteroatoms. The van der Waals surface area contributed by atoms with E-state index in [1.807, 2.05) is 0 Å². The van der Waals surface area contributed by atoms with E-state index < -0.39 is 6.10 Å². The molecule has 4 N–H and O–H groups in total. The van der Waals surface area contributed by atoms with Crippen LogP contribution in [0.25, 0.3) is 0 Å². The maximum Gasteiger partial charge on any atom is 0.269 e. The van der Waals surface area contributed by atoms with Gasteiger partial charge >= 0.3 is 0 Å². The molecule has 142 valence electrons. The van der Waals surface area contributed by atoms with Gasteiger partial charge in [0.15, 0.2) is 5.75 Å². The Labute approximate surface area is 157 Å². The van der Waals surface area contributed by atoms with Gasteiger partial charge in [-0.15, -0.1) is 0 Å². The Bertz CT molecular complexity index is 827. The van der Waals surface area contributed by atoms with Crippen LogP contribution in [0.5, 0.6) is 11.5 Å². The van der Waals surface area contributed by atoms with E-state index in [9.17, 15) is 9.59 Å². The largest absolute Gasteiger partial charge is 0.455 e. The molecule has 0 aliphatic carbocycles. The molecule has 1 aliphatic heterocycles. The van der Waals surface area contributed by atoms with Crippen LogP contribution in [0.15, 0.2) is 42.6 Å². The molecule has 1 fully saturated rings. The average molecular weight is 370 g/mol. The van der Waals surface area contributed by atoms with Crippen molar-refractivity contribution in [2.24, 2.45) is 5.73 Å². The number of pyridine rings is 1. The number of benzene rings is 1. The summed E-state index contributed by atoms with van der Waals surface area (Å²) in [5.74, 6) is 0.344. The van der Waals surface area contributed by atoms with Gasteiger partial charge in [-0.25, -0.2) is 0 Å². The molecule has 2 amide bonds. The van der Waals surface area contributed by atoms with Crippen molar-refractivity contribution >= 4 is 17.5 Å². The zero-order valence-electron chi connectivity index (χ0n) is 15.0. The van der Waals surface area contributed by atoms with Gasteiger partial charge in [0, 0.05) is 25.9 Å². The fourth-order valence-corrected chi connectivity index (χ4v) is 2.80. The first-order chi connectivity index (χ1) is 13.1. The third-order valence-electron chi connectivity index (χ3n) is 4.23. The van der Waals surface area contributed by atoms with Gasteiger partial charge in [0.25, 0.3) is 11.8 Å². The van der Waals surface area contributed by atoms with Crippen molar-refractivity contribution in [3.63, 3.8) is 0 Å². The highest BCUT2D eigenvalue weighted by molar-refractivity contribution is 5.95. The van der Waals surface area contributed by atoms with Gasteiger partial charge in [0.1, 0.15) is 17.5 Å². The van der Waals surface area contributed by atoms with Gasteiger partial charge in [-0.3, -0.25) is 14.6 Å². The average Bonchev–Trinajstić information content (AvgIpc) is 3.18. The third kappa shape index (κ3) is 4.60.